The van der Waals surface area contributed by atoms with Crippen LogP contribution in [0, 0.1) is 5.41 Å². The number of nitrogens with one attached hydrogen (secondary N) is 1. The van der Waals surface area contributed by atoms with Crippen molar-refractivity contribution in [3.05, 3.63) is 59.7 Å². The average molecular weight is 340 g/mol. The van der Waals surface area contributed by atoms with E-state index in [1.165, 1.54) is 12.7 Å². The Kier molecular flexibility index (Phi) is 6.07. The van der Waals surface area contributed by atoms with Crippen LogP contribution in [0.3, 0.4) is 0 Å². The lowest BCUT2D eigenvalue weighted by Gasteiger charge is -2.33. The molecule has 2 aromatic rings. The van der Waals surface area contributed by atoms with E-state index in [-0.39, 0.29) is 17.4 Å². The highest BCUT2D eigenvalue weighted by atomic mass is 16.5. The van der Waals surface area contributed by atoms with Crippen LogP contribution in [-0.4, -0.2) is 13.1 Å². The molecule has 1 atom stereocenters. The molecule has 0 fully saturated rings. The van der Waals surface area contributed by atoms with E-state index in [0.717, 1.165) is 11.3 Å². The van der Waals surface area contributed by atoms with E-state index in [1.807, 2.05) is 24.3 Å². The van der Waals surface area contributed by atoms with Gasteiger partial charge < -0.3 is 15.8 Å². The van der Waals surface area contributed by atoms with Crippen LogP contribution < -0.4 is 11.1 Å². The van der Waals surface area contributed by atoms with Gasteiger partial charge in [0.15, 0.2) is 0 Å². The zero-order valence-corrected chi connectivity index (χ0v) is 15.5. The summed E-state index contributed by atoms with van der Waals surface area (Å²) < 4.78 is 4.68. The average Bonchev–Trinajstić information content (AvgIpc) is 2.58. The Hall–Kier alpha value is -2.49. The number of carbonyl (C=O) groups excluding carboxylic acids is 1. The molecule has 0 aliphatic rings. The number of nitrogen functional groups attached to an aromatic ring is 1. The highest BCUT2D eigenvalue weighted by Crippen LogP contribution is 2.37. The zero-order chi connectivity index (χ0) is 18.4. The number of benzene rings is 2. The lowest BCUT2D eigenvalue weighted by Crippen LogP contribution is -2.26. The van der Waals surface area contributed by atoms with Gasteiger partial charge in [0.2, 0.25) is 0 Å². The predicted octanol–water partition coefficient (Wildman–Crippen LogP) is 4.57. The first-order valence-corrected chi connectivity index (χ1v) is 8.58. The molecule has 25 heavy (non-hydrogen) atoms. The van der Waals surface area contributed by atoms with Gasteiger partial charge in [-0.3, -0.25) is 4.79 Å². The number of anilines is 2. The smallest absolute Gasteiger partial charge is 0.305 e. The van der Waals surface area contributed by atoms with Crippen LogP contribution in [0.2, 0.25) is 0 Å². The monoisotopic (exact) mass is 340 g/mol. The molecule has 0 saturated carbocycles. The fourth-order valence-electron chi connectivity index (χ4n) is 2.85. The summed E-state index contributed by atoms with van der Waals surface area (Å²) in [6, 6.07) is 16.4. The maximum Gasteiger partial charge on any atom is 0.305 e. The predicted molar refractivity (Wildman–Crippen MR) is 103 cm³/mol. The molecule has 0 aliphatic carbocycles. The van der Waals surface area contributed by atoms with E-state index >= 15 is 0 Å². The summed E-state index contributed by atoms with van der Waals surface area (Å²) in [6.45, 7) is 6.62. The summed E-state index contributed by atoms with van der Waals surface area (Å²) in [5, 5.41) is 3.59. The van der Waals surface area contributed by atoms with Crippen molar-refractivity contribution < 1.29 is 9.53 Å². The molecule has 2 aromatic carbocycles. The third-order valence-corrected chi connectivity index (χ3v) is 4.26. The van der Waals surface area contributed by atoms with Gasteiger partial charge in [0.05, 0.1) is 24.5 Å². The van der Waals surface area contributed by atoms with E-state index in [2.05, 4.69) is 55.1 Å². The summed E-state index contributed by atoms with van der Waals surface area (Å²) in [6.07, 6.45) is 0.982. The lowest BCUT2D eigenvalue weighted by atomic mass is 9.82. The second-order valence-corrected chi connectivity index (χ2v) is 7.35. The summed E-state index contributed by atoms with van der Waals surface area (Å²) >= 11 is 0. The van der Waals surface area contributed by atoms with Gasteiger partial charge >= 0.3 is 5.97 Å². The van der Waals surface area contributed by atoms with E-state index in [9.17, 15) is 4.79 Å². The molecule has 0 aliphatic heterocycles. The lowest BCUT2D eigenvalue weighted by molar-refractivity contribution is -0.140. The Balaban J connectivity index is 2.18. The Labute approximate surface area is 150 Å². The second-order valence-electron chi connectivity index (χ2n) is 7.35. The van der Waals surface area contributed by atoms with Crippen molar-refractivity contribution in [3.63, 3.8) is 0 Å². The molecular weight excluding hydrogens is 312 g/mol. The first kappa shape index (κ1) is 18.8. The van der Waals surface area contributed by atoms with Crippen molar-refractivity contribution in [2.45, 2.75) is 39.7 Å². The molecule has 4 heteroatoms. The molecule has 0 aromatic heterocycles. The third kappa shape index (κ3) is 5.24. The minimum Gasteiger partial charge on any atom is -0.469 e. The largest absolute Gasteiger partial charge is 0.469 e. The molecule has 0 spiro atoms. The minimum atomic E-state index is -0.211. The number of rotatable bonds is 6. The molecule has 0 unspecified atom stereocenters. The standard InChI is InChI=1S/C21H28N2O2/c1-21(2,3)20(16-8-6-5-7-9-16)23-18-12-10-15(14-17(18)22)11-13-19(24)25-4/h5-10,12,14,20,23H,11,13,22H2,1-4H3/t20-/m0/s1. The maximum absolute atomic E-state index is 11.3. The van der Waals surface area contributed by atoms with Crippen LogP contribution in [0.1, 0.15) is 44.4 Å². The highest BCUT2D eigenvalue weighted by Gasteiger charge is 2.26. The van der Waals surface area contributed by atoms with Crippen molar-refractivity contribution in [2.24, 2.45) is 5.41 Å². The number of methoxy groups -OCH3 is 1. The Morgan fingerprint density at radius 2 is 1.84 bits per heavy atom. The number of nitrogens with two attached hydrogens (primary N) is 1. The summed E-state index contributed by atoms with van der Waals surface area (Å²) in [5.41, 5.74) is 10.1. The van der Waals surface area contributed by atoms with Gasteiger partial charge in [-0.15, -0.1) is 0 Å². The number of ether oxygens (including phenoxy) is 1. The summed E-state index contributed by atoms with van der Waals surface area (Å²) in [7, 11) is 1.40. The molecule has 0 bridgehead atoms. The number of esters is 1. The molecular formula is C21H28N2O2. The Morgan fingerprint density at radius 3 is 2.40 bits per heavy atom. The fraction of sp³-hybridized carbons (Fsp3) is 0.381. The molecule has 0 saturated heterocycles. The fourth-order valence-corrected chi connectivity index (χ4v) is 2.85. The van der Waals surface area contributed by atoms with Gasteiger partial charge in [-0.2, -0.15) is 0 Å². The topological polar surface area (TPSA) is 64.3 Å². The quantitative estimate of drug-likeness (QED) is 0.597. The summed E-state index contributed by atoms with van der Waals surface area (Å²) in [4.78, 5) is 11.3. The normalized spacial score (nSPS) is 12.5. The van der Waals surface area contributed by atoms with Crippen molar-refractivity contribution in [1.29, 1.82) is 0 Å². The highest BCUT2D eigenvalue weighted by molar-refractivity contribution is 5.71. The maximum atomic E-state index is 11.3. The Bertz CT molecular complexity index is 706. The van der Waals surface area contributed by atoms with Gasteiger partial charge in [-0.25, -0.2) is 0 Å². The molecule has 0 amide bonds. The molecule has 2 rings (SSSR count). The molecule has 3 N–H and O–H groups in total. The first-order chi connectivity index (χ1) is 11.8. The third-order valence-electron chi connectivity index (χ3n) is 4.26. The molecule has 4 nitrogen and oxygen atoms in total. The molecule has 134 valence electrons. The number of aryl methyl sites for hydroxylation is 1. The number of hydrogen-bond donors (Lipinski definition) is 2. The zero-order valence-electron chi connectivity index (χ0n) is 15.5. The van der Waals surface area contributed by atoms with Gasteiger partial charge in [0.1, 0.15) is 0 Å². The van der Waals surface area contributed by atoms with Crippen LogP contribution in [0.5, 0.6) is 0 Å². The van der Waals surface area contributed by atoms with Gasteiger partial charge in [-0.1, -0.05) is 57.2 Å². The van der Waals surface area contributed by atoms with Gasteiger partial charge in [-0.05, 0) is 35.1 Å². The van der Waals surface area contributed by atoms with Gasteiger partial charge in [0.25, 0.3) is 0 Å². The first-order valence-electron chi connectivity index (χ1n) is 8.58. The van der Waals surface area contributed by atoms with E-state index in [0.29, 0.717) is 18.5 Å². The SMILES string of the molecule is COC(=O)CCc1ccc(N[C@@H](c2ccccc2)C(C)(C)C)c(N)c1. The number of hydrogen-bond acceptors (Lipinski definition) is 4. The van der Waals surface area contributed by atoms with E-state index in [4.69, 9.17) is 5.73 Å². The molecule has 0 radical (unpaired) electrons. The van der Waals surface area contributed by atoms with E-state index < -0.39 is 0 Å². The van der Waals surface area contributed by atoms with Crippen LogP contribution >= 0.6 is 0 Å². The van der Waals surface area contributed by atoms with Crippen molar-refractivity contribution in [3.8, 4) is 0 Å². The number of carbonyl (C=O) groups is 1. The van der Waals surface area contributed by atoms with Crippen molar-refractivity contribution in [2.75, 3.05) is 18.2 Å². The van der Waals surface area contributed by atoms with Crippen LogP contribution in [0.4, 0.5) is 11.4 Å². The van der Waals surface area contributed by atoms with Crippen molar-refractivity contribution >= 4 is 17.3 Å². The van der Waals surface area contributed by atoms with Crippen LogP contribution in [-0.2, 0) is 16.0 Å². The summed E-state index contributed by atoms with van der Waals surface area (Å²) in [5.74, 6) is -0.211. The van der Waals surface area contributed by atoms with Crippen LogP contribution in [0.25, 0.3) is 0 Å². The van der Waals surface area contributed by atoms with E-state index in [1.54, 1.807) is 0 Å². The van der Waals surface area contributed by atoms with Crippen LogP contribution in [0.15, 0.2) is 48.5 Å². The second kappa shape index (κ2) is 8.06. The van der Waals surface area contributed by atoms with Crippen molar-refractivity contribution in [1.82, 2.24) is 0 Å². The molecule has 0 heterocycles. The van der Waals surface area contributed by atoms with Gasteiger partial charge in [0, 0.05) is 6.42 Å². The minimum absolute atomic E-state index is 0.0251. The Morgan fingerprint density at radius 1 is 1.16 bits per heavy atom.